The first kappa shape index (κ1) is 15.3. The Kier molecular flexibility index (Phi) is 4.81. The molecule has 0 fully saturated rings. The smallest absolute Gasteiger partial charge is 0.251 e. The number of aryl methyl sites for hydroxylation is 1. The van der Waals surface area contributed by atoms with E-state index in [0.717, 1.165) is 11.3 Å². The normalized spacial score (nSPS) is 10.3. The topological polar surface area (TPSA) is 41.1 Å². The zero-order valence-corrected chi connectivity index (χ0v) is 12.6. The summed E-state index contributed by atoms with van der Waals surface area (Å²) in [5.74, 6) is -0.476. The van der Waals surface area contributed by atoms with Gasteiger partial charge in [0, 0.05) is 35.4 Å². The highest BCUT2D eigenvalue weighted by molar-refractivity contribution is 6.31. The number of carbonyl (C=O) groups is 1. The zero-order chi connectivity index (χ0) is 15.4. The van der Waals surface area contributed by atoms with Gasteiger partial charge in [-0.05, 0) is 42.8 Å². The number of anilines is 1. The summed E-state index contributed by atoms with van der Waals surface area (Å²) >= 11 is 5.99. The van der Waals surface area contributed by atoms with Crippen molar-refractivity contribution in [2.24, 2.45) is 0 Å². The fourth-order valence-corrected chi connectivity index (χ4v) is 2.26. The lowest BCUT2D eigenvalue weighted by molar-refractivity contribution is 0.0963. The minimum Gasteiger partial charge on any atom is -0.381 e. The molecule has 0 bridgehead atoms. The van der Waals surface area contributed by atoms with E-state index in [1.807, 2.05) is 6.92 Å². The highest BCUT2D eigenvalue weighted by Crippen LogP contribution is 2.22. The number of hydrogen-bond donors (Lipinski definition) is 2. The molecular weight excluding hydrogens is 291 g/mol. The van der Waals surface area contributed by atoms with Crippen LogP contribution in [0.5, 0.6) is 0 Å². The molecule has 0 aliphatic carbocycles. The Morgan fingerprint density at radius 3 is 2.67 bits per heavy atom. The summed E-state index contributed by atoms with van der Waals surface area (Å²) in [5, 5.41) is 6.10. The highest BCUT2D eigenvalue weighted by Gasteiger charge is 2.09. The molecule has 2 aromatic carbocycles. The summed E-state index contributed by atoms with van der Waals surface area (Å²) in [6.45, 7) is 2.17. The molecular formula is C16H16ClFN2O. The van der Waals surface area contributed by atoms with Gasteiger partial charge in [-0.1, -0.05) is 17.7 Å². The predicted octanol–water partition coefficient (Wildman–Crippen LogP) is 3.76. The van der Waals surface area contributed by atoms with Crippen molar-refractivity contribution in [3.05, 3.63) is 63.9 Å². The van der Waals surface area contributed by atoms with Crippen molar-refractivity contribution in [1.29, 1.82) is 0 Å². The first-order valence-corrected chi connectivity index (χ1v) is 6.90. The summed E-state index contributed by atoms with van der Waals surface area (Å²) in [4.78, 5) is 11.5. The molecule has 0 radical (unpaired) electrons. The van der Waals surface area contributed by atoms with E-state index in [2.05, 4.69) is 10.6 Å². The van der Waals surface area contributed by atoms with Gasteiger partial charge in [-0.2, -0.15) is 0 Å². The third kappa shape index (κ3) is 3.52. The fourth-order valence-electron chi connectivity index (χ4n) is 2.03. The molecule has 0 saturated carbocycles. The van der Waals surface area contributed by atoms with Crippen LogP contribution in [0.3, 0.4) is 0 Å². The van der Waals surface area contributed by atoms with Gasteiger partial charge in [-0.3, -0.25) is 4.79 Å². The summed E-state index contributed by atoms with van der Waals surface area (Å²) in [6, 6.07) is 9.91. The van der Waals surface area contributed by atoms with E-state index in [-0.39, 0.29) is 18.3 Å². The lowest BCUT2D eigenvalue weighted by Crippen LogP contribution is -2.18. The summed E-state index contributed by atoms with van der Waals surface area (Å²) in [6.07, 6.45) is 0. The molecule has 2 N–H and O–H groups in total. The maximum Gasteiger partial charge on any atom is 0.251 e. The van der Waals surface area contributed by atoms with Gasteiger partial charge in [0.15, 0.2) is 0 Å². The van der Waals surface area contributed by atoms with Crippen LogP contribution < -0.4 is 10.6 Å². The van der Waals surface area contributed by atoms with Crippen molar-refractivity contribution < 1.29 is 9.18 Å². The van der Waals surface area contributed by atoms with E-state index < -0.39 is 0 Å². The highest BCUT2D eigenvalue weighted by atomic mass is 35.5. The maximum absolute atomic E-state index is 13.7. The lowest BCUT2D eigenvalue weighted by Gasteiger charge is -2.12. The Morgan fingerprint density at radius 2 is 2.05 bits per heavy atom. The number of benzene rings is 2. The van der Waals surface area contributed by atoms with E-state index in [9.17, 15) is 9.18 Å². The van der Waals surface area contributed by atoms with Crippen LogP contribution in [0, 0.1) is 12.7 Å². The zero-order valence-electron chi connectivity index (χ0n) is 11.8. The molecule has 0 heterocycles. The molecule has 0 spiro atoms. The predicted molar refractivity (Wildman–Crippen MR) is 83.3 cm³/mol. The van der Waals surface area contributed by atoms with Gasteiger partial charge < -0.3 is 10.6 Å². The van der Waals surface area contributed by atoms with Gasteiger partial charge in [0.05, 0.1) is 0 Å². The average molecular weight is 307 g/mol. The van der Waals surface area contributed by atoms with Gasteiger partial charge in [-0.25, -0.2) is 4.39 Å². The molecule has 110 valence electrons. The summed E-state index contributed by atoms with van der Waals surface area (Å²) in [5.41, 5.74) is 2.75. The minimum absolute atomic E-state index is 0.137. The van der Waals surface area contributed by atoms with Gasteiger partial charge in [0.2, 0.25) is 0 Å². The fraction of sp³-hybridized carbons (Fsp3) is 0.188. The first-order chi connectivity index (χ1) is 10.0. The van der Waals surface area contributed by atoms with Gasteiger partial charge >= 0.3 is 0 Å². The Morgan fingerprint density at radius 1 is 1.29 bits per heavy atom. The second kappa shape index (κ2) is 6.59. The van der Waals surface area contributed by atoms with Gasteiger partial charge in [0.1, 0.15) is 5.82 Å². The van der Waals surface area contributed by atoms with Crippen molar-refractivity contribution >= 4 is 23.2 Å². The Labute approximate surface area is 128 Å². The van der Waals surface area contributed by atoms with Crippen LogP contribution in [0.2, 0.25) is 5.02 Å². The van der Waals surface area contributed by atoms with E-state index >= 15 is 0 Å². The molecule has 3 nitrogen and oxygen atoms in total. The van der Waals surface area contributed by atoms with E-state index in [0.29, 0.717) is 16.1 Å². The van der Waals surface area contributed by atoms with E-state index in [1.165, 1.54) is 6.07 Å². The maximum atomic E-state index is 13.7. The average Bonchev–Trinajstić information content (AvgIpc) is 2.47. The molecule has 0 aromatic heterocycles. The molecule has 2 rings (SSSR count). The minimum atomic E-state index is -0.338. The first-order valence-electron chi connectivity index (χ1n) is 6.52. The van der Waals surface area contributed by atoms with Gasteiger partial charge in [0.25, 0.3) is 5.91 Å². The Hall–Kier alpha value is -2.07. The third-order valence-corrected chi connectivity index (χ3v) is 3.59. The van der Waals surface area contributed by atoms with Crippen LogP contribution >= 0.6 is 11.6 Å². The van der Waals surface area contributed by atoms with E-state index in [4.69, 9.17) is 11.6 Å². The lowest BCUT2D eigenvalue weighted by atomic mass is 10.1. The van der Waals surface area contributed by atoms with Crippen molar-refractivity contribution in [3.8, 4) is 0 Å². The van der Waals surface area contributed by atoms with Crippen molar-refractivity contribution in [1.82, 2.24) is 5.32 Å². The number of carbonyl (C=O) groups excluding carboxylic acids is 1. The van der Waals surface area contributed by atoms with Crippen molar-refractivity contribution in [2.75, 3.05) is 12.4 Å². The van der Waals surface area contributed by atoms with Crippen molar-refractivity contribution in [3.63, 3.8) is 0 Å². The number of nitrogens with one attached hydrogen (secondary N) is 2. The van der Waals surface area contributed by atoms with Crippen LogP contribution in [-0.4, -0.2) is 13.0 Å². The summed E-state index contributed by atoms with van der Waals surface area (Å²) in [7, 11) is 1.59. The van der Waals surface area contributed by atoms with Crippen LogP contribution in [-0.2, 0) is 6.54 Å². The number of rotatable bonds is 4. The molecule has 0 unspecified atom stereocenters. The monoisotopic (exact) mass is 306 g/mol. The number of hydrogen-bond acceptors (Lipinski definition) is 2. The second-order valence-electron chi connectivity index (χ2n) is 4.66. The van der Waals surface area contributed by atoms with E-state index in [1.54, 1.807) is 37.4 Å². The standard InChI is InChI=1S/C16H16ClFN2O/c1-10-8-11(16(21)19-2)6-7-15(10)20-9-12-13(17)4-3-5-14(12)18/h3-8,20H,9H2,1-2H3,(H,19,21). The Bertz CT molecular complexity index is 653. The summed E-state index contributed by atoms with van der Waals surface area (Å²) < 4.78 is 13.7. The van der Waals surface area contributed by atoms with Crippen LogP contribution in [0.25, 0.3) is 0 Å². The van der Waals surface area contributed by atoms with Crippen LogP contribution in [0.15, 0.2) is 36.4 Å². The second-order valence-corrected chi connectivity index (χ2v) is 5.07. The SMILES string of the molecule is CNC(=O)c1ccc(NCc2c(F)cccc2Cl)c(C)c1. The largest absolute Gasteiger partial charge is 0.381 e. The molecule has 2 aromatic rings. The quantitative estimate of drug-likeness (QED) is 0.903. The molecule has 21 heavy (non-hydrogen) atoms. The van der Waals surface area contributed by atoms with Gasteiger partial charge in [-0.15, -0.1) is 0 Å². The Balaban J connectivity index is 2.16. The molecule has 0 aliphatic heterocycles. The molecule has 0 saturated heterocycles. The van der Waals surface area contributed by atoms with Crippen molar-refractivity contribution in [2.45, 2.75) is 13.5 Å². The molecule has 0 aliphatic rings. The molecule has 5 heteroatoms. The number of halogens is 2. The molecule has 1 amide bonds. The number of amides is 1. The molecule has 0 atom stereocenters. The van der Waals surface area contributed by atoms with Crippen LogP contribution in [0.4, 0.5) is 10.1 Å². The van der Waals surface area contributed by atoms with Crippen LogP contribution in [0.1, 0.15) is 21.5 Å². The third-order valence-electron chi connectivity index (χ3n) is 3.23.